The molecule has 0 aliphatic heterocycles. The van der Waals surface area contributed by atoms with E-state index < -0.39 is 0 Å². The summed E-state index contributed by atoms with van der Waals surface area (Å²) in [6, 6.07) is 0. The number of thiocarbonyl (C=S) groups is 1. The summed E-state index contributed by atoms with van der Waals surface area (Å²) in [5, 5.41) is 3.05. The van der Waals surface area contributed by atoms with Gasteiger partial charge in [-0.2, -0.15) is 0 Å². The SMILES string of the molecule is C=CCCCCCCCCCNC(=S)S. The summed E-state index contributed by atoms with van der Waals surface area (Å²) in [5.41, 5.74) is 0. The van der Waals surface area contributed by atoms with E-state index in [9.17, 15) is 0 Å². The highest BCUT2D eigenvalue weighted by atomic mass is 32.1. The zero-order chi connectivity index (χ0) is 11.4. The average molecular weight is 245 g/mol. The van der Waals surface area contributed by atoms with Crippen LogP contribution < -0.4 is 5.32 Å². The molecule has 0 saturated carbocycles. The minimum atomic E-state index is 0.611. The van der Waals surface area contributed by atoms with E-state index in [1.807, 2.05) is 6.08 Å². The second kappa shape index (κ2) is 12.1. The van der Waals surface area contributed by atoms with Gasteiger partial charge >= 0.3 is 0 Å². The van der Waals surface area contributed by atoms with Gasteiger partial charge in [0.2, 0.25) is 0 Å². The number of thiol groups is 1. The van der Waals surface area contributed by atoms with Gasteiger partial charge in [-0.3, -0.25) is 0 Å². The molecule has 0 radical (unpaired) electrons. The molecule has 0 aromatic heterocycles. The zero-order valence-corrected chi connectivity index (χ0v) is 11.2. The summed E-state index contributed by atoms with van der Waals surface area (Å²) in [6.07, 6.45) is 12.4. The maximum Gasteiger partial charge on any atom is 0.130 e. The third-order valence-corrected chi connectivity index (χ3v) is 2.66. The molecule has 0 aromatic carbocycles. The van der Waals surface area contributed by atoms with E-state index in [1.165, 1.54) is 51.4 Å². The van der Waals surface area contributed by atoms with Crippen molar-refractivity contribution in [2.75, 3.05) is 6.54 Å². The van der Waals surface area contributed by atoms with Gasteiger partial charge in [0.25, 0.3) is 0 Å². The first-order chi connectivity index (χ1) is 7.27. The van der Waals surface area contributed by atoms with Crippen molar-refractivity contribution in [2.24, 2.45) is 0 Å². The van der Waals surface area contributed by atoms with E-state index in [0.717, 1.165) is 6.54 Å². The lowest BCUT2D eigenvalue weighted by molar-refractivity contribution is 0.579. The van der Waals surface area contributed by atoms with Crippen LogP contribution in [-0.2, 0) is 0 Å². The summed E-state index contributed by atoms with van der Waals surface area (Å²) in [6.45, 7) is 4.69. The van der Waals surface area contributed by atoms with Crippen LogP contribution in [0.5, 0.6) is 0 Å². The fourth-order valence-corrected chi connectivity index (χ4v) is 1.71. The number of allylic oxidation sites excluding steroid dienone is 1. The van der Waals surface area contributed by atoms with Crippen LogP contribution in [0.4, 0.5) is 0 Å². The number of nitrogens with one attached hydrogen (secondary N) is 1. The first-order valence-corrected chi connectivity index (χ1v) is 6.70. The second-order valence-electron chi connectivity index (χ2n) is 3.78. The Morgan fingerprint density at radius 1 is 1.07 bits per heavy atom. The highest BCUT2D eigenvalue weighted by Gasteiger charge is 1.92. The summed E-state index contributed by atoms with van der Waals surface area (Å²) < 4.78 is 0.611. The fourth-order valence-electron chi connectivity index (χ4n) is 1.49. The lowest BCUT2D eigenvalue weighted by Crippen LogP contribution is -2.17. The Labute approximate surface area is 105 Å². The van der Waals surface area contributed by atoms with Gasteiger partial charge < -0.3 is 5.32 Å². The molecule has 0 saturated heterocycles. The molecule has 1 nitrogen and oxygen atoms in total. The Morgan fingerprint density at radius 2 is 1.60 bits per heavy atom. The van der Waals surface area contributed by atoms with Gasteiger partial charge in [0, 0.05) is 6.54 Å². The highest BCUT2D eigenvalue weighted by molar-refractivity contribution is 8.11. The molecule has 0 spiro atoms. The lowest BCUT2D eigenvalue weighted by atomic mass is 10.1. The number of hydrogen-bond donors (Lipinski definition) is 2. The zero-order valence-electron chi connectivity index (χ0n) is 9.50. The third kappa shape index (κ3) is 14.0. The molecule has 3 heteroatoms. The van der Waals surface area contributed by atoms with Gasteiger partial charge in [0.1, 0.15) is 4.32 Å². The van der Waals surface area contributed by atoms with E-state index in [4.69, 9.17) is 12.2 Å². The molecule has 0 unspecified atom stereocenters. The third-order valence-electron chi connectivity index (χ3n) is 2.36. The summed E-state index contributed by atoms with van der Waals surface area (Å²) in [5.74, 6) is 0. The molecule has 88 valence electrons. The van der Waals surface area contributed by atoms with Crippen LogP contribution >= 0.6 is 24.8 Å². The smallest absolute Gasteiger partial charge is 0.130 e. The summed E-state index contributed by atoms with van der Waals surface area (Å²) >= 11 is 8.80. The monoisotopic (exact) mass is 245 g/mol. The quantitative estimate of drug-likeness (QED) is 0.260. The summed E-state index contributed by atoms with van der Waals surface area (Å²) in [7, 11) is 0. The van der Waals surface area contributed by atoms with Gasteiger partial charge in [0.15, 0.2) is 0 Å². The molecule has 0 aliphatic rings. The largest absolute Gasteiger partial charge is 0.371 e. The normalized spacial score (nSPS) is 9.93. The lowest BCUT2D eigenvalue weighted by Gasteiger charge is -2.03. The molecule has 0 atom stereocenters. The van der Waals surface area contributed by atoms with Crippen molar-refractivity contribution >= 4 is 29.2 Å². The Balaban J connectivity index is 2.92. The van der Waals surface area contributed by atoms with Crippen molar-refractivity contribution in [3.63, 3.8) is 0 Å². The van der Waals surface area contributed by atoms with Crippen molar-refractivity contribution in [3.8, 4) is 0 Å². The molecule has 1 N–H and O–H groups in total. The molecular weight excluding hydrogens is 222 g/mol. The van der Waals surface area contributed by atoms with Gasteiger partial charge in [-0.1, -0.05) is 50.4 Å². The first kappa shape index (κ1) is 15.0. The second-order valence-corrected chi connectivity index (χ2v) is 4.94. The average Bonchev–Trinajstić information content (AvgIpc) is 2.20. The van der Waals surface area contributed by atoms with Crippen molar-refractivity contribution in [3.05, 3.63) is 12.7 Å². The predicted octanol–water partition coefficient (Wildman–Crippen LogP) is 4.10. The Bertz CT molecular complexity index is 169. The Kier molecular flexibility index (Phi) is 12.0. The molecule has 0 amide bonds. The summed E-state index contributed by atoms with van der Waals surface area (Å²) in [4.78, 5) is 0. The van der Waals surface area contributed by atoms with Gasteiger partial charge in [-0.05, 0) is 19.3 Å². The standard InChI is InChI=1S/C12H23NS2/c1-2-3-4-5-6-7-8-9-10-11-13-12(14)15/h2H,1,3-11H2,(H2,13,14,15). The molecule has 0 fully saturated rings. The number of unbranched alkanes of at least 4 members (excludes halogenated alkanes) is 7. The minimum Gasteiger partial charge on any atom is -0.371 e. The van der Waals surface area contributed by atoms with Crippen LogP contribution in [0.25, 0.3) is 0 Å². The maximum absolute atomic E-state index is 4.80. The Hall–Kier alpha value is -0.0200. The Morgan fingerprint density at radius 3 is 2.13 bits per heavy atom. The van der Waals surface area contributed by atoms with Gasteiger partial charge in [-0.15, -0.1) is 19.2 Å². The van der Waals surface area contributed by atoms with Crippen molar-refractivity contribution in [1.29, 1.82) is 0 Å². The van der Waals surface area contributed by atoms with Crippen molar-refractivity contribution in [2.45, 2.75) is 51.4 Å². The molecule has 0 heterocycles. The van der Waals surface area contributed by atoms with E-state index >= 15 is 0 Å². The molecular formula is C12H23NS2. The first-order valence-electron chi connectivity index (χ1n) is 5.85. The molecule has 0 bridgehead atoms. The van der Waals surface area contributed by atoms with E-state index in [2.05, 4.69) is 24.5 Å². The number of rotatable bonds is 10. The highest BCUT2D eigenvalue weighted by Crippen LogP contribution is 2.08. The molecule has 15 heavy (non-hydrogen) atoms. The van der Waals surface area contributed by atoms with Crippen molar-refractivity contribution in [1.82, 2.24) is 5.32 Å². The fraction of sp³-hybridized carbons (Fsp3) is 0.750. The van der Waals surface area contributed by atoms with E-state index in [0.29, 0.717) is 4.32 Å². The molecule has 0 rings (SSSR count). The van der Waals surface area contributed by atoms with Crippen LogP contribution in [0.1, 0.15) is 51.4 Å². The van der Waals surface area contributed by atoms with Crippen LogP contribution in [0, 0.1) is 0 Å². The van der Waals surface area contributed by atoms with Gasteiger partial charge in [-0.25, -0.2) is 0 Å². The van der Waals surface area contributed by atoms with Crippen LogP contribution in [0.2, 0.25) is 0 Å². The van der Waals surface area contributed by atoms with Crippen LogP contribution in [0.15, 0.2) is 12.7 Å². The number of hydrogen-bond acceptors (Lipinski definition) is 1. The van der Waals surface area contributed by atoms with Crippen molar-refractivity contribution < 1.29 is 0 Å². The maximum atomic E-state index is 4.80. The molecule has 0 aliphatic carbocycles. The minimum absolute atomic E-state index is 0.611. The van der Waals surface area contributed by atoms with E-state index in [-0.39, 0.29) is 0 Å². The van der Waals surface area contributed by atoms with Crippen LogP contribution in [-0.4, -0.2) is 10.9 Å². The molecule has 0 aromatic rings. The van der Waals surface area contributed by atoms with Crippen LogP contribution in [0.3, 0.4) is 0 Å². The van der Waals surface area contributed by atoms with E-state index in [1.54, 1.807) is 0 Å². The van der Waals surface area contributed by atoms with Gasteiger partial charge in [0.05, 0.1) is 0 Å². The predicted molar refractivity (Wildman–Crippen MR) is 76.7 cm³/mol. The topological polar surface area (TPSA) is 12.0 Å².